The van der Waals surface area contributed by atoms with Gasteiger partial charge in [-0.25, -0.2) is 36.1 Å². The number of aromatic nitrogens is 2. The summed E-state index contributed by atoms with van der Waals surface area (Å²) in [5, 5.41) is 10.5. The second kappa shape index (κ2) is 10.9. The molecule has 3 aromatic rings. The fourth-order valence-electron chi connectivity index (χ4n) is 3.89. The second-order valence-electron chi connectivity index (χ2n) is 8.53. The average molecular weight is 535 g/mol. The van der Waals surface area contributed by atoms with Crippen molar-refractivity contribution in [3.8, 4) is 0 Å². The molecule has 1 fully saturated rings. The Morgan fingerprint density at radius 1 is 0.889 bits per heavy atom. The Kier molecular flexibility index (Phi) is 7.83. The molecule has 0 saturated heterocycles. The highest BCUT2D eigenvalue weighted by atomic mass is 32.2. The van der Waals surface area contributed by atoms with Crippen LogP contribution in [0.5, 0.6) is 0 Å². The van der Waals surface area contributed by atoms with Crippen molar-refractivity contribution in [2.45, 2.75) is 48.8 Å². The van der Waals surface area contributed by atoms with E-state index in [1.165, 1.54) is 24.3 Å². The molecule has 0 atom stereocenters. The molecule has 0 spiro atoms. The number of hydrogen-bond donors (Lipinski definition) is 4. The molecule has 0 unspecified atom stereocenters. The van der Waals surface area contributed by atoms with Crippen LogP contribution in [0.4, 0.5) is 27.5 Å². The highest BCUT2D eigenvalue weighted by Crippen LogP contribution is 2.24. The average Bonchev–Trinajstić information content (AvgIpc) is 2.86. The molecule has 192 valence electrons. The number of hydrogen-bond acceptors (Lipinski definition) is 8. The van der Waals surface area contributed by atoms with Gasteiger partial charge in [-0.1, -0.05) is 31.4 Å². The van der Waals surface area contributed by atoms with Crippen LogP contribution in [-0.4, -0.2) is 32.1 Å². The van der Waals surface area contributed by atoms with Crippen LogP contribution in [0, 0.1) is 5.82 Å². The molecular formula is C23H27FN6O4S2. The monoisotopic (exact) mass is 534 g/mol. The minimum Gasteiger partial charge on any atom is -0.338 e. The molecule has 2 aromatic carbocycles. The van der Waals surface area contributed by atoms with Crippen molar-refractivity contribution < 1.29 is 21.2 Å². The number of nitrogens with two attached hydrogens (primary N) is 1. The van der Waals surface area contributed by atoms with Crippen LogP contribution in [0.3, 0.4) is 0 Å². The first-order valence-electron chi connectivity index (χ1n) is 11.4. The third-order valence-electron chi connectivity index (χ3n) is 5.87. The van der Waals surface area contributed by atoms with Crippen molar-refractivity contribution in [1.82, 2.24) is 14.7 Å². The smallest absolute Gasteiger partial charge is 0.238 e. The molecule has 1 aromatic heterocycles. The summed E-state index contributed by atoms with van der Waals surface area (Å²) in [6, 6.07) is 12.5. The molecule has 0 aliphatic heterocycles. The second-order valence-corrected chi connectivity index (χ2v) is 12.1. The Morgan fingerprint density at radius 3 is 2.14 bits per heavy atom. The minimum atomic E-state index is -3.81. The van der Waals surface area contributed by atoms with Gasteiger partial charge in [-0.3, -0.25) is 0 Å². The first-order chi connectivity index (χ1) is 17.1. The summed E-state index contributed by atoms with van der Waals surface area (Å²) in [5.74, 6) is -0.648. The summed E-state index contributed by atoms with van der Waals surface area (Å²) in [7, 11) is -7.17. The molecule has 10 nitrogen and oxygen atoms in total. The lowest BCUT2D eigenvalue weighted by Crippen LogP contribution is -2.35. The van der Waals surface area contributed by atoms with Crippen LogP contribution >= 0.6 is 0 Å². The summed E-state index contributed by atoms with van der Waals surface area (Å²) >= 11 is 0. The molecule has 13 heteroatoms. The van der Waals surface area contributed by atoms with Gasteiger partial charge < -0.3 is 10.6 Å². The van der Waals surface area contributed by atoms with Gasteiger partial charge in [-0.15, -0.1) is 0 Å². The largest absolute Gasteiger partial charge is 0.338 e. The fourth-order valence-corrected chi connectivity index (χ4v) is 5.96. The lowest BCUT2D eigenvalue weighted by Gasteiger charge is -2.22. The van der Waals surface area contributed by atoms with Gasteiger partial charge in [0.25, 0.3) is 0 Å². The molecule has 0 radical (unpaired) electrons. The zero-order chi connectivity index (χ0) is 25.8. The fraction of sp³-hybridized carbons (Fsp3) is 0.304. The van der Waals surface area contributed by atoms with Crippen LogP contribution in [0.25, 0.3) is 0 Å². The predicted molar refractivity (Wildman–Crippen MR) is 135 cm³/mol. The normalized spacial score (nSPS) is 14.9. The van der Waals surface area contributed by atoms with Crippen LogP contribution in [0.15, 0.2) is 59.6 Å². The van der Waals surface area contributed by atoms with E-state index in [2.05, 4.69) is 25.3 Å². The Balaban J connectivity index is 1.38. The molecule has 5 N–H and O–H groups in total. The lowest BCUT2D eigenvalue weighted by molar-refractivity contribution is 0.477. The maximum atomic E-state index is 14.3. The van der Waals surface area contributed by atoms with E-state index < -0.39 is 25.9 Å². The number of sulfonamides is 2. The lowest BCUT2D eigenvalue weighted by atomic mass is 10.0. The SMILES string of the molecule is NS(=O)(=O)c1ccc(Nc2ncc(F)c(Nc3ccc(CNS(=O)(=O)C4CCCCC4)cc3)n2)cc1. The zero-order valence-electron chi connectivity index (χ0n) is 19.3. The number of anilines is 4. The van der Waals surface area contributed by atoms with E-state index in [9.17, 15) is 21.2 Å². The molecule has 0 amide bonds. The first-order valence-corrected chi connectivity index (χ1v) is 14.5. The van der Waals surface area contributed by atoms with E-state index in [0.717, 1.165) is 31.0 Å². The molecule has 4 rings (SSSR count). The van der Waals surface area contributed by atoms with Crippen LogP contribution < -0.4 is 20.5 Å². The molecule has 1 aliphatic carbocycles. The molecule has 36 heavy (non-hydrogen) atoms. The van der Waals surface area contributed by atoms with E-state index in [-0.39, 0.29) is 28.5 Å². The van der Waals surface area contributed by atoms with Crippen molar-refractivity contribution in [3.05, 3.63) is 66.1 Å². The molecule has 1 aliphatic rings. The van der Waals surface area contributed by atoms with Crippen molar-refractivity contribution in [1.29, 1.82) is 0 Å². The number of nitrogens with zero attached hydrogens (tertiary/aromatic N) is 2. The van der Waals surface area contributed by atoms with Gasteiger partial charge in [-0.05, 0) is 54.8 Å². The van der Waals surface area contributed by atoms with Crippen molar-refractivity contribution >= 4 is 43.2 Å². The summed E-state index contributed by atoms with van der Waals surface area (Å²) in [6.07, 6.45) is 5.35. The third-order valence-corrected chi connectivity index (χ3v) is 8.69. The minimum absolute atomic E-state index is 0.0411. The van der Waals surface area contributed by atoms with E-state index in [0.29, 0.717) is 24.2 Å². The first kappa shape index (κ1) is 25.9. The van der Waals surface area contributed by atoms with E-state index >= 15 is 0 Å². The zero-order valence-corrected chi connectivity index (χ0v) is 20.9. The summed E-state index contributed by atoms with van der Waals surface area (Å²) in [4.78, 5) is 7.99. The maximum absolute atomic E-state index is 14.3. The van der Waals surface area contributed by atoms with Crippen LogP contribution in [0.2, 0.25) is 0 Å². The summed E-state index contributed by atoms with van der Waals surface area (Å²) in [6.45, 7) is 0.180. The number of rotatable bonds is 9. The maximum Gasteiger partial charge on any atom is 0.238 e. The van der Waals surface area contributed by atoms with Crippen LogP contribution in [-0.2, 0) is 26.6 Å². The van der Waals surface area contributed by atoms with Gasteiger partial charge in [-0.2, -0.15) is 4.98 Å². The summed E-state index contributed by atoms with van der Waals surface area (Å²) < 4.78 is 64.8. The van der Waals surface area contributed by atoms with Gasteiger partial charge in [0.2, 0.25) is 26.0 Å². The van der Waals surface area contributed by atoms with Gasteiger partial charge in [0, 0.05) is 17.9 Å². The Morgan fingerprint density at radius 2 is 1.50 bits per heavy atom. The van der Waals surface area contributed by atoms with Gasteiger partial charge in [0.05, 0.1) is 16.3 Å². The van der Waals surface area contributed by atoms with E-state index in [4.69, 9.17) is 5.14 Å². The standard InChI is InChI=1S/C23H27FN6O4S2/c24-21-15-26-23(29-18-10-12-19(13-11-18)35(25,31)32)30-22(21)28-17-8-6-16(7-9-17)14-27-36(33,34)20-4-2-1-3-5-20/h6-13,15,20,27H,1-5,14H2,(H2,25,31,32)(H2,26,28,29,30). The van der Waals surface area contributed by atoms with Gasteiger partial charge in [0.15, 0.2) is 11.6 Å². The number of benzene rings is 2. The molecular weight excluding hydrogens is 507 g/mol. The number of primary sulfonamides is 1. The van der Waals surface area contributed by atoms with E-state index in [1.54, 1.807) is 24.3 Å². The highest BCUT2D eigenvalue weighted by molar-refractivity contribution is 7.90. The third kappa shape index (κ3) is 6.75. The topological polar surface area (TPSA) is 156 Å². The number of halogens is 1. The Hall–Kier alpha value is -3.13. The van der Waals surface area contributed by atoms with Gasteiger partial charge >= 0.3 is 0 Å². The molecule has 0 bridgehead atoms. The number of nitrogens with one attached hydrogen (secondary N) is 3. The van der Waals surface area contributed by atoms with Crippen LogP contribution in [0.1, 0.15) is 37.7 Å². The van der Waals surface area contributed by atoms with E-state index in [1.807, 2.05) is 0 Å². The Bertz CT molecular complexity index is 1410. The van der Waals surface area contributed by atoms with Crippen molar-refractivity contribution in [2.24, 2.45) is 5.14 Å². The quantitative estimate of drug-likeness (QED) is 0.325. The van der Waals surface area contributed by atoms with Crippen molar-refractivity contribution in [3.63, 3.8) is 0 Å². The molecule has 1 heterocycles. The highest BCUT2D eigenvalue weighted by Gasteiger charge is 2.26. The predicted octanol–water partition coefficient (Wildman–Crippen LogP) is 3.50. The Labute approximate surface area is 209 Å². The van der Waals surface area contributed by atoms with Crippen molar-refractivity contribution in [2.75, 3.05) is 10.6 Å². The van der Waals surface area contributed by atoms with Gasteiger partial charge in [0.1, 0.15) is 0 Å². The molecule has 1 saturated carbocycles. The summed E-state index contributed by atoms with van der Waals surface area (Å²) in [5.41, 5.74) is 1.81.